The van der Waals surface area contributed by atoms with Gasteiger partial charge in [0.25, 0.3) is 0 Å². The van der Waals surface area contributed by atoms with Gasteiger partial charge >= 0.3 is 0 Å². The molecule has 2 aliphatic rings. The van der Waals surface area contributed by atoms with Crippen molar-refractivity contribution in [1.82, 2.24) is 5.32 Å². The molecule has 194 valence electrons. The van der Waals surface area contributed by atoms with Crippen molar-refractivity contribution in [1.29, 1.82) is 0 Å². The van der Waals surface area contributed by atoms with Crippen LogP contribution in [-0.2, 0) is 16.0 Å². The van der Waals surface area contributed by atoms with Gasteiger partial charge in [-0.25, -0.2) is 0 Å². The summed E-state index contributed by atoms with van der Waals surface area (Å²) < 4.78 is 22.9. The molecule has 4 rings (SSSR count). The van der Waals surface area contributed by atoms with Crippen LogP contribution in [0.1, 0.15) is 57.2 Å². The van der Waals surface area contributed by atoms with Gasteiger partial charge in [0.2, 0.25) is 17.1 Å². The Bertz CT molecular complexity index is 1210. The molecule has 0 aromatic heterocycles. The molecule has 2 N–H and O–H groups in total. The molecule has 2 aromatic carbocycles. The molecule has 1 aliphatic heterocycles. The second kappa shape index (κ2) is 10.4. The second-order valence-corrected chi connectivity index (χ2v) is 10.0. The van der Waals surface area contributed by atoms with Gasteiger partial charge in [-0.2, -0.15) is 0 Å². The summed E-state index contributed by atoms with van der Waals surface area (Å²) in [5.41, 5.74) is 3.55. The van der Waals surface area contributed by atoms with Crippen LogP contribution in [0.15, 0.2) is 29.1 Å². The predicted octanol–water partition coefficient (Wildman–Crippen LogP) is 4.23. The minimum Gasteiger partial charge on any atom is -0.493 e. The molecule has 0 radical (unpaired) electrons. The summed E-state index contributed by atoms with van der Waals surface area (Å²) in [6.07, 6.45) is 2.90. The third kappa shape index (κ3) is 5.14. The van der Waals surface area contributed by atoms with Crippen molar-refractivity contribution in [2.75, 3.05) is 33.3 Å². The van der Waals surface area contributed by atoms with Crippen LogP contribution in [0.5, 0.6) is 17.2 Å². The van der Waals surface area contributed by atoms with Crippen molar-refractivity contribution in [3.8, 4) is 28.4 Å². The lowest BCUT2D eigenvalue weighted by Gasteiger charge is -2.36. The Morgan fingerprint density at radius 2 is 1.81 bits per heavy atom. The summed E-state index contributed by atoms with van der Waals surface area (Å²) in [5, 5.41) is 6.50. The van der Waals surface area contributed by atoms with Gasteiger partial charge in [0, 0.05) is 25.1 Å². The summed E-state index contributed by atoms with van der Waals surface area (Å²) in [6.45, 7) is 6.26. The Morgan fingerprint density at radius 1 is 1.06 bits per heavy atom. The summed E-state index contributed by atoms with van der Waals surface area (Å²) in [6, 6.07) is 7.16. The molecule has 2 aromatic rings. The third-order valence-corrected chi connectivity index (χ3v) is 6.97. The Kier molecular flexibility index (Phi) is 7.45. The molecule has 1 amide bonds. The van der Waals surface area contributed by atoms with Crippen LogP contribution in [0.2, 0.25) is 0 Å². The van der Waals surface area contributed by atoms with Crippen molar-refractivity contribution in [2.24, 2.45) is 0 Å². The van der Waals surface area contributed by atoms with E-state index in [-0.39, 0.29) is 29.0 Å². The highest BCUT2D eigenvalue weighted by molar-refractivity contribution is 5.83. The number of benzene rings is 1. The van der Waals surface area contributed by atoms with Crippen molar-refractivity contribution < 1.29 is 23.7 Å². The standard InChI is InChI=1S/C28H36N2O6/c1-16(31)29-21-9-7-17-13-24(33-4)26(34-5)27(35-6)25(17)19-8-10-22(23(32)14-20(19)21)30-18-11-12-36-28(2,3)15-18/h8,10,13-14,18,21H,7,9,11-12,15H2,1-6H3,(H,29,31)(H,30,32)/t18-,21-/m0/s1. The zero-order valence-electron chi connectivity index (χ0n) is 21.9. The van der Waals surface area contributed by atoms with Crippen molar-refractivity contribution in [2.45, 2.75) is 64.1 Å². The van der Waals surface area contributed by atoms with Crippen LogP contribution in [0, 0.1) is 0 Å². The van der Waals surface area contributed by atoms with Gasteiger partial charge in [-0.15, -0.1) is 0 Å². The first-order valence-electron chi connectivity index (χ1n) is 12.4. The lowest BCUT2D eigenvalue weighted by Crippen LogP contribution is -2.40. The molecule has 1 aliphatic carbocycles. The topological polar surface area (TPSA) is 95.1 Å². The quantitative estimate of drug-likeness (QED) is 0.618. The van der Waals surface area contributed by atoms with Crippen LogP contribution in [0.25, 0.3) is 11.1 Å². The molecule has 36 heavy (non-hydrogen) atoms. The number of rotatable bonds is 6. The number of amides is 1. The molecule has 8 heteroatoms. The Hall–Kier alpha value is -3.26. The minimum atomic E-state index is -0.332. The van der Waals surface area contributed by atoms with Gasteiger partial charge in [-0.3, -0.25) is 9.59 Å². The van der Waals surface area contributed by atoms with E-state index in [2.05, 4.69) is 24.5 Å². The van der Waals surface area contributed by atoms with Gasteiger partial charge in [0.15, 0.2) is 11.5 Å². The van der Waals surface area contributed by atoms with E-state index in [0.717, 1.165) is 35.1 Å². The summed E-state index contributed by atoms with van der Waals surface area (Å²) >= 11 is 0. The summed E-state index contributed by atoms with van der Waals surface area (Å²) in [7, 11) is 4.76. The fraction of sp³-hybridized carbons (Fsp3) is 0.500. The highest BCUT2D eigenvalue weighted by Gasteiger charge is 2.31. The molecular weight excluding hydrogens is 460 g/mol. The number of methoxy groups -OCH3 is 3. The molecule has 0 unspecified atom stereocenters. The Morgan fingerprint density at radius 3 is 2.44 bits per heavy atom. The first kappa shape index (κ1) is 25.8. The highest BCUT2D eigenvalue weighted by Crippen LogP contribution is 2.50. The maximum absolute atomic E-state index is 13.5. The lowest BCUT2D eigenvalue weighted by molar-refractivity contribution is -0.119. The Balaban J connectivity index is 1.90. The van der Waals surface area contributed by atoms with E-state index in [0.29, 0.717) is 42.4 Å². The molecule has 0 bridgehead atoms. The smallest absolute Gasteiger partial charge is 0.217 e. The molecule has 2 atom stereocenters. The van der Waals surface area contributed by atoms with Gasteiger partial charge in [0.05, 0.1) is 38.7 Å². The van der Waals surface area contributed by atoms with E-state index in [1.807, 2.05) is 18.2 Å². The van der Waals surface area contributed by atoms with Gasteiger partial charge in [-0.1, -0.05) is 6.07 Å². The third-order valence-electron chi connectivity index (χ3n) is 6.97. The maximum Gasteiger partial charge on any atom is 0.217 e. The zero-order valence-corrected chi connectivity index (χ0v) is 21.9. The number of carbonyl (C=O) groups is 1. The van der Waals surface area contributed by atoms with E-state index in [1.165, 1.54) is 6.92 Å². The second-order valence-electron chi connectivity index (χ2n) is 10.0. The zero-order chi connectivity index (χ0) is 26.0. The van der Waals surface area contributed by atoms with Crippen molar-refractivity contribution >= 4 is 11.6 Å². The fourth-order valence-electron chi connectivity index (χ4n) is 5.40. The van der Waals surface area contributed by atoms with Crippen LogP contribution >= 0.6 is 0 Å². The number of fused-ring (bicyclic) bond motifs is 3. The maximum atomic E-state index is 13.5. The van der Waals surface area contributed by atoms with E-state index in [1.54, 1.807) is 27.4 Å². The summed E-state index contributed by atoms with van der Waals surface area (Å²) in [5.74, 6) is 1.44. The number of aryl methyl sites for hydroxylation is 1. The highest BCUT2D eigenvalue weighted by atomic mass is 16.5. The van der Waals surface area contributed by atoms with Crippen molar-refractivity contribution in [3.05, 3.63) is 45.6 Å². The molecule has 1 fully saturated rings. The minimum absolute atomic E-state index is 0.126. The fourth-order valence-corrected chi connectivity index (χ4v) is 5.40. The number of anilines is 1. The first-order chi connectivity index (χ1) is 17.2. The average Bonchev–Trinajstić information content (AvgIpc) is 3.06. The van der Waals surface area contributed by atoms with E-state index < -0.39 is 0 Å². The van der Waals surface area contributed by atoms with Crippen molar-refractivity contribution in [3.63, 3.8) is 0 Å². The van der Waals surface area contributed by atoms with Crippen LogP contribution in [-0.4, -0.2) is 45.5 Å². The van der Waals surface area contributed by atoms with Gasteiger partial charge in [0.1, 0.15) is 0 Å². The van der Waals surface area contributed by atoms with Gasteiger partial charge in [-0.05, 0) is 74.4 Å². The summed E-state index contributed by atoms with van der Waals surface area (Å²) in [4.78, 5) is 25.6. The number of carbonyl (C=O) groups excluding carboxylic acids is 1. The molecule has 1 heterocycles. The molecule has 8 nitrogen and oxygen atoms in total. The molecule has 0 spiro atoms. The van der Waals surface area contributed by atoms with Crippen LogP contribution in [0.3, 0.4) is 0 Å². The SMILES string of the molecule is COc1cc2c(c(OC)c1OC)-c1ccc(N[C@H]3CCOC(C)(C)C3)c(=O)cc1[C@@H](NC(C)=O)CC2. The molecule has 1 saturated heterocycles. The van der Waals surface area contributed by atoms with E-state index in [9.17, 15) is 9.59 Å². The number of ether oxygens (including phenoxy) is 4. The predicted molar refractivity (Wildman–Crippen MR) is 139 cm³/mol. The van der Waals surface area contributed by atoms with Gasteiger partial charge < -0.3 is 29.6 Å². The first-order valence-corrected chi connectivity index (χ1v) is 12.4. The molecule has 0 saturated carbocycles. The van der Waals surface area contributed by atoms with Crippen LogP contribution < -0.4 is 30.3 Å². The van der Waals surface area contributed by atoms with E-state index >= 15 is 0 Å². The monoisotopic (exact) mass is 496 g/mol. The number of hydrogen-bond donors (Lipinski definition) is 2. The normalized spacial score (nSPS) is 20.3. The average molecular weight is 497 g/mol. The van der Waals surface area contributed by atoms with Crippen LogP contribution in [0.4, 0.5) is 5.69 Å². The van der Waals surface area contributed by atoms with E-state index in [4.69, 9.17) is 18.9 Å². The molecular formula is C28H36N2O6. The number of nitrogens with one attached hydrogen (secondary N) is 2. The lowest BCUT2D eigenvalue weighted by atomic mass is 9.94. The Labute approximate surface area is 212 Å². The largest absolute Gasteiger partial charge is 0.493 e. The number of hydrogen-bond acceptors (Lipinski definition) is 7.